The van der Waals surface area contributed by atoms with Crippen LogP contribution in [0.5, 0.6) is 0 Å². The number of benzene rings is 1. The summed E-state index contributed by atoms with van der Waals surface area (Å²) in [5.41, 5.74) is 0.469. The largest absolute Gasteiger partial charge is 0.445 e. The summed E-state index contributed by atoms with van der Waals surface area (Å²) in [6, 6.07) is 9.66. The monoisotopic (exact) mass is 363 g/mol. The van der Waals surface area contributed by atoms with Crippen molar-refractivity contribution in [1.82, 2.24) is 15.5 Å². The van der Waals surface area contributed by atoms with Gasteiger partial charge in [0.2, 0.25) is 0 Å². The Kier molecular flexibility index (Phi) is 7.26. The number of hydrogen-bond donors (Lipinski definition) is 2. The van der Waals surface area contributed by atoms with E-state index in [1.54, 1.807) is 0 Å². The zero-order valence-corrected chi connectivity index (χ0v) is 15.8. The third-order valence-electron chi connectivity index (χ3n) is 3.90. The molecule has 0 aromatic heterocycles. The van der Waals surface area contributed by atoms with Gasteiger partial charge in [-0.05, 0) is 32.8 Å². The number of rotatable bonds is 6. The van der Waals surface area contributed by atoms with Crippen molar-refractivity contribution in [2.24, 2.45) is 0 Å². The number of nitrogens with zero attached hydrogens (tertiary/aromatic N) is 1. The minimum atomic E-state index is -0.493. The average molecular weight is 363 g/mol. The minimum Gasteiger partial charge on any atom is -0.445 e. The fourth-order valence-electron chi connectivity index (χ4n) is 2.72. The normalized spacial score (nSPS) is 17.6. The first-order chi connectivity index (χ1) is 12.3. The fraction of sp³-hybridized carbons (Fsp3) is 0.579. The van der Waals surface area contributed by atoms with Crippen LogP contribution in [0.25, 0.3) is 0 Å². The summed E-state index contributed by atoms with van der Waals surface area (Å²) in [5, 5.41) is 5.64. The molecular formula is C19H29N3O4. The van der Waals surface area contributed by atoms with Gasteiger partial charge in [0.1, 0.15) is 12.2 Å². The van der Waals surface area contributed by atoms with Gasteiger partial charge in [0.15, 0.2) is 0 Å². The van der Waals surface area contributed by atoms with Crippen molar-refractivity contribution in [3.8, 4) is 0 Å². The quantitative estimate of drug-likeness (QED) is 0.812. The van der Waals surface area contributed by atoms with Crippen molar-refractivity contribution in [2.75, 3.05) is 26.2 Å². The molecule has 7 nitrogen and oxygen atoms in total. The van der Waals surface area contributed by atoms with Gasteiger partial charge < -0.3 is 20.1 Å². The fourth-order valence-corrected chi connectivity index (χ4v) is 2.72. The second-order valence-electron chi connectivity index (χ2n) is 7.42. The number of carbonyl (C=O) groups is 2. The van der Waals surface area contributed by atoms with Crippen molar-refractivity contribution >= 4 is 12.2 Å². The van der Waals surface area contributed by atoms with E-state index in [9.17, 15) is 9.59 Å². The number of hydrogen-bond acceptors (Lipinski definition) is 5. The highest BCUT2D eigenvalue weighted by Crippen LogP contribution is 2.10. The Hall–Kier alpha value is -2.28. The molecule has 1 aliphatic heterocycles. The van der Waals surface area contributed by atoms with Gasteiger partial charge in [0, 0.05) is 32.2 Å². The van der Waals surface area contributed by atoms with Crippen LogP contribution in [0.3, 0.4) is 0 Å². The lowest BCUT2D eigenvalue weighted by atomic mass is 10.2. The Morgan fingerprint density at radius 1 is 1.19 bits per heavy atom. The van der Waals surface area contributed by atoms with Gasteiger partial charge in [0.25, 0.3) is 0 Å². The maximum absolute atomic E-state index is 11.9. The standard InChI is InChI=1S/C19H29N3O4/c1-19(2,3)26-17(23)20-10-12-22-11-9-16(13-22)21-18(24)25-14-15-7-5-4-6-8-15/h4-8,16H,9-14H2,1-3H3,(H,20,23)(H,21,24). The summed E-state index contributed by atoms with van der Waals surface area (Å²) in [5.74, 6) is 0. The first-order valence-corrected chi connectivity index (χ1v) is 8.98. The number of likely N-dealkylation sites (tertiary alicyclic amines) is 1. The van der Waals surface area contributed by atoms with Crippen molar-refractivity contribution in [3.63, 3.8) is 0 Å². The van der Waals surface area contributed by atoms with E-state index in [0.717, 1.165) is 31.6 Å². The van der Waals surface area contributed by atoms with Crippen LogP contribution in [-0.2, 0) is 16.1 Å². The number of alkyl carbamates (subject to hydrolysis) is 2. The second kappa shape index (κ2) is 9.43. The molecule has 1 aromatic rings. The molecule has 1 atom stereocenters. The zero-order chi connectivity index (χ0) is 19.0. The lowest BCUT2D eigenvalue weighted by molar-refractivity contribution is 0.0523. The Bertz CT molecular complexity index is 586. The summed E-state index contributed by atoms with van der Waals surface area (Å²) >= 11 is 0. The van der Waals surface area contributed by atoms with Crippen LogP contribution < -0.4 is 10.6 Å². The molecule has 0 spiro atoms. The van der Waals surface area contributed by atoms with Crippen LogP contribution in [0.4, 0.5) is 9.59 Å². The van der Waals surface area contributed by atoms with Gasteiger partial charge in [-0.25, -0.2) is 9.59 Å². The van der Waals surface area contributed by atoms with Crippen LogP contribution in [-0.4, -0.2) is 54.9 Å². The van der Waals surface area contributed by atoms with E-state index in [-0.39, 0.29) is 12.6 Å². The molecule has 2 rings (SSSR count). The Morgan fingerprint density at radius 3 is 2.62 bits per heavy atom. The van der Waals surface area contributed by atoms with Crippen LogP contribution in [0, 0.1) is 0 Å². The summed E-state index contributed by atoms with van der Waals surface area (Å²) in [7, 11) is 0. The Morgan fingerprint density at radius 2 is 1.92 bits per heavy atom. The number of nitrogens with one attached hydrogen (secondary N) is 2. The van der Waals surface area contributed by atoms with Gasteiger partial charge in [-0.2, -0.15) is 0 Å². The molecule has 0 aliphatic carbocycles. The number of amides is 2. The van der Waals surface area contributed by atoms with E-state index < -0.39 is 17.8 Å². The molecule has 1 fully saturated rings. The van der Waals surface area contributed by atoms with E-state index in [1.165, 1.54) is 0 Å². The molecule has 1 saturated heterocycles. The molecular weight excluding hydrogens is 334 g/mol. The lowest BCUT2D eigenvalue weighted by Gasteiger charge is -2.21. The lowest BCUT2D eigenvalue weighted by Crippen LogP contribution is -2.40. The van der Waals surface area contributed by atoms with Crippen LogP contribution in [0.2, 0.25) is 0 Å². The van der Waals surface area contributed by atoms with Crippen molar-refractivity contribution < 1.29 is 19.1 Å². The first kappa shape index (κ1) is 20.0. The Balaban J connectivity index is 1.59. The van der Waals surface area contributed by atoms with Gasteiger partial charge in [-0.3, -0.25) is 4.90 Å². The van der Waals surface area contributed by atoms with Crippen LogP contribution >= 0.6 is 0 Å². The maximum Gasteiger partial charge on any atom is 0.407 e. The minimum absolute atomic E-state index is 0.0693. The van der Waals surface area contributed by atoms with Crippen molar-refractivity contribution in [1.29, 1.82) is 0 Å². The summed E-state index contributed by atoms with van der Waals surface area (Å²) < 4.78 is 10.4. The molecule has 0 bridgehead atoms. The highest BCUT2D eigenvalue weighted by Gasteiger charge is 2.24. The van der Waals surface area contributed by atoms with E-state index in [2.05, 4.69) is 15.5 Å². The average Bonchev–Trinajstić information content (AvgIpc) is 2.99. The summed E-state index contributed by atoms with van der Waals surface area (Å²) in [6.07, 6.45) is 0.0656. The van der Waals surface area contributed by atoms with Gasteiger partial charge >= 0.3 is 12.2 Å². The molecule has 144 valence electrons. The molecule has 1 aromatic carbocycles. The van der Waals surface area contributed by atoms with Gasteiger partial charge in [-0.15, -0.1) is 0 Å². The summed E-state index contributed by atoms with van der Waals surface area (Å²) in [4.78, 5) is 25.7. The van der Waals surface area contributed by atoms with Crippen molar-refractivity contribution in [3.05, 3.63) is 35.9 Å². The zero-order valence-electron chi connectivity index (χ0n) is 15.8. The van der Waals surface area contributed by atoms with Crippen LogP contribution in [0.15, 0.2) is 30.3 Å². The van der Waals surface area contributed by atoms with Gasteiger partial charge in [0.05, 0.1) is 0 Å². The van der Waals surface area contributed by atoms with Crippen LogP contribution in [0.1, 0.15) is 32.8 Å². The first-order valence-electron chi connectivity index (χ1n) is 8.98. The molecule has 2 N–H and O–H groups in total. The third kappa shape index (κ3) is 7.74. The maximum atomic E-state index is 11.9. The van der Waals surface area contributed by atoms with E-state index >= 15 is 0 Å². The number of carbonyl (C=O) groups excluding carboxylic acids is 2. The SMILES string of the molecule is CC(C)(C)OC(=O)NCCN1CCC(NC(=O)OCc2ccccc2)C1. The highest BCUT2D eigenvalue weighted by molar-refractivity contribution is 5.68. The molecule has 0 radical (unpaired) electrons. The topological polar surface area (TPSA) is 79.9 Å². The summed E-state index contributed by atoms with van der Waals surface area (Å²) in [6.45, 7) is 8.62. The smallest absolute Gasteiger partial charge is 0.407 e. The van der Waals surface area contributed by atoms with E-state index in [1.807, 2.05) is 51.1 Å². The molecule has 0 saturated carbocycles. The Labute approximate surface area is 155 Å². The van der Waals surface area contributed by atoms with E-state index in [4.69, 9.17) is 9.47 Å². The second-order valence-corrected chi connectivity index (χ2v) is 7.42. The predicted molar refractivity (Wildman–Crippen MR) is 98.8 cm³/mol. The highest BCUT2D eigenvalue weighted by atomic mass is 16.6. The molecule has 26 heavy (non-hydrogen) atoms. The molecule has 7 heteroatoms. The molecule has 1 unspecified atom stereocenters. The van der Waals surface area contributed by atoms with Gasteiger partial charge in [-0.1, -0.05) is 30.3 Å². The van der Waals surface area contributed by atoms with Crippen molar-refractivity contribution in [2.45, 2.75) is 45.4 Å². The van der Waals surface area contributed by atoms with E-state index in [0.29, 0.717) is 6.54 Å². The molecule has 2 amide bonds. The third-order valence-corrected chi connectivity index (χ3v) is 3.90. The molecule has 1 heterocycles. The number of ether oxygens (including phenoxy) is 2. The molecule has 1 aliphatic rings. The predicted octanol–water partition coefficient (Wildman–Crippen LogP) is 2.51.